The number of hydrogen-bond acceptors (Lipinski definition) is 3. The van der Waals surface area contributed by atoms with E-state index in [1.165, 1.54) is 0 Å². The van der Waals surface area contributed by atoms with E-state index >= 15 is 0 Å². The smallest absolute Gasteiger partial charge is 0.305 e. The van der Waals surface area contributed by atoms with E-state index in [1.54, 1.807) is 0 Å². The highest BCUT2D eigenvalue weighted by molar-refractivity contribution is 7.91. The van der Waals surface area contributed by atoms with Crippen LogP contribution in [0.25, 0.3) is 0 Å². The van der Waals surface area contributed by atoms with Crippen LogP contribution in [-0.2, 0) is 9.84 Å². The van der Waals surface area contributed by atoms with Gasteiger partial charge in [-0.2, -0.15) is 13.2 Å². The van der Waals surface area contributed by atoms with Gasteiger partial charge in [0.25, 0.3) is 0 Å². The molecule has 0 radical (unpaired) electrons. The molecule has 13 heavy (non-hydrogen) atoms. The van der Waals surface area contributed by atoms with Gasteiger partial charge in [0.1, 0.15) is 6.04 Å². The Bertz CT molecular complexity index is 272. The number of nitrogens with one attached hydrogen (secondary N) is 1. The fourth-order valence-corrected chi connectivity index (χ4v) is 2.74. The van der Waals surface area contributed by atoms with Crippen LogP contribution in [0.3, 0.4) is 0 Å². The van der Waals surface area contributed by atoms with Crippen LogP contribution < -0.4 is 5.32 Å². The highest BCUT2D eigenvalue weighted by Crippen LogP contribution is 2.22. The van der Waals surface area contributed by atoms with Crippen LogP contribution in [0.15, 0.2) is 0 Å². The third-order valence-corrected chi connectivity index (χ3v) is 3.59. The molecule has 1 unspecified atom stereocenters. The summed E-state index contributed by atoms with van der Waals surface area (Å²) in [6.07, 6.45) is -4.23. The molecule has 1 aliphatic rings. The van der Waals surface area contributed by atoms with Gasteiger partial charge >= 0.3 is 6.18 Å². The van der Waals surface area contributed by atoms with E-state index < -0.39 is 27.8 Å². The lowest BCUT2D eigenvalue weighted by atomic mass is 10.3. The molecule has 3 nitrogen and oxygen atoms in total. The van der Waals surface area contributed by atoms with Gasteiger partial charge in [-0.15, -0.1) is 0 Å². The Kier molecular flexibility index (Phi) is 2.86. The average Bonchev–Trinajstić information content (AvgIpc) is 2.08. The maximum absolute atomic E-state index is 12.1. The van der Waals surface area contributed by atoms with Crippen LogP contribution in [0.4, 0.5) is 13.2 Å². The van der Waals surface area contributed by atoms with Gasteiger partial charge < -0.3 is 5.32 Å². The van der Waals surface area contributed by atoms with Crippen LogP contribution >= 0.6 is 0 Å². The van der Waals surface area contributed by atoms with Crippen molar-refractivity contribution in [3.8, 4) is 0 Å². The molecule has 0 aliphatic carbocycles. The van der Waals surface area contributed by atoms with E-state index in [-0.39, 0.29) is 18.7 Å². The lowest BCUT2D eigenvalue weighted by Crippen LogP contribution is -2.45. The van der Waals surface area contributed by atoms with E-state index in [0.717, 1.165) is 0 Å². The molecule has 0 spiro atoms. The quantitative estimate of drug-likeness (QED) is 0.636. The predicted molar refractivity (Wildman–Crippen MR) is 41.1 cm³/mol. The van der Waals surface area contributed by atoms with E-state index in [9.17, 15) is 21.6 Å². The number of rotatable bonds is 0. The van der Waals surface area contributed by atoms with Gasteiger partial charge in [-0.3, -0.25) is 0 Å². The van der Waals surface area contributed by atoms with Crippen molar-refractivity contribution >= 4 is 9.84 Å². The first kappa shape index (κ1) is 10.8. The van der Waals surface area contributed by atoms with Crippen molar-refractivity contribution in [2.24, 2.45) is 0 Å². The van der Waals surface area contributed by atoms with Gasteiger partial charge in [0.2, 0.25) is 0 Å². The Balaban J connectivity index is 2.77. The summed E-state index contributed by atoms with van der Waals surface area (Å²) < 4.78 is 58.4. The number of alkyl halides is 3. The maximum Gasteiger partial charge on any atom is 0.404 e. The molecule has 1 N–H and O–H groups in total. The maximum atomic E-state index is 12.1. The van der Waals surface area contributed by atoms with Gasteiger partial charge in [-0.1, -0.05) is 0 Å². The first-order valence-corrected chi connectivity index (χ1v) is 5.64. The molecule has 0 bridgehead atoms. The Hall–Kier alpha value is -0.300. The largest absolute Gasteiger partial charge is 0.404 e. The summed E-state index contributed by atoms with van der Waals surface area (Å²) in [6.45, 7) is 0.101. The van der Waals surface area contributed by atoms with Gasteiger partial charge in [0, 0.05) is 0 Å². The Labute approximate surface area is 74.2 Å². The minimum atomic E-state index is -4.47. The number of hydrogen-bond donors (Lipinski definition) is 1. The SMILES string of the molecule is O=S1(=O)CCCNC(C(F)(F)F)C1. The standard InChI is InChI=1S/C6H10F3NO2S/c7-6(8,9)5-4-13(11,12)3-1-2-10-5/h5,10H,1-4H2. The molecule has 1 atom stereocenters. The van der Waals surface area contributed by atoms with Crippen molar-refractivity contribution in [2.75, 3.05) is 18.1 Å². The zero-order chi connectivity index (χ0) is 10.1. The van der Waals surface area contributed by atoms with Crippen LogP contribution in [0, 0.1) is 0 Å². The molecular formula is C6H10F3NO2S. The molecular weight excluding hydrogens is 207 g/mol. The predicted octanol–water partition coefficient (Wildman–Crippen LogP) is 0.325. The average molecular weight is 217 g/mol. The van der Waals surface area contributed by atoms with Crippen molar-refractivity contribution in [1.82, 2.24) is 5.32 Å². The van der Waals surface area contributed by atoms with E-state index in [0.29, 0.717) is 0 Å². The first-order chi connectivity index (χ1) is 5.81. The van der Waals surface area contributed by atoms with Crippen molar-refractivity contribution in [3.63, 3.8) is 0 Å². The molecule has 0 amide bonds. The van der Waals surface area contributed by atoms with Gasteiger partial charge in [-0.05, 0) is 13.0 Å². The normalized spacial score (nSPS) is 29.6. The van der Waals surface area contributed by atoms with E-state index in [4.69, 9.17) is 0 Å². The minimum absolute atomic E-state index is 0.101. The molecule has 0 saturated carbocycles. The van der Waals surface area contributed by atoms with Gasteiger partial charge in [-0.25, -0.2) is 8.42 Å². The lowest BCUT2D eigenvalue weighted by molar-refractivity contribution is -0.150. The second-order valence-corrected chi connectivity index (χ2v) is 5.24. The third-order valence-electron chi connectivity index (χ3n) is 1.84. The Morgan fingerprint density at radius 3 is 2.46 bits per heavy atom. The monoisotopic (exact) mass is 217 g/mol. The fourth-order valence-electron chi connectivity index (χ4n) is 1.17. The molecule has 1 fully saturated rings. The van der Waals surface area contributed by atoms with Crippen molar-refractivity contribution in [3.05, 3.63) is 0 Å². The molecule has 78 valence electrons. The first-order valence-electron chi connectivity index (χ1n) is 3.82. The van der Waals surface area contributed by atoms with Crippen LogP contribution in [-0.4, -0.2) is 38.7 Å². The van der Waals surface area contributed by atoms with Crippen molar-refractivity contribution < 1.29 is 21.6 Å². The summed E-state index contributed by atoms with van der Waals surface area (Å²) in [5, 5.41) is 2.17. The number of halogens is 3. The second-order valence-electron chi connectivity index (χ2n) is 3.02. The van der Waals surface area contributed by atoms with Crippen molar-refractivity contribution in [1.29, 1.82) is 0 Å². The zero-order valence-corrected chi connectivity index (χ0v) is 7.58. The van der Waals surface area contributed by atoms with Crippen LogP contribution in [0.1, 0.15) is 6.42 Å². The highest BCUT2D eigenvalue weighted by atomic mass is 32.2. The summed E-state index contributed by atoms with van der Waals surface area (Å²) in [7, 11) is -3.53. The summed E-state index contributed by atoms with van der Waals surface area (Å²) in [4.78, 5) is 0. The molecule has 1 rings (SSSR count). The van der Waals surface area contributed by atoms with Crippen LogP contribution in [0.5, 0.6) is 0 Å². The second kappa shape index (κ2) is 3.45. The topological polar surface area (TPSA) is 46.2 Å². The third kappa shape index (κ3) is 3.15. The molecule has 0 aromatic rings. The fraction of sp³-hybridized carbons (Fsp3) is 1.00. The summed E-state index contributed by atoms with van der Waals surface area (Å²) >= 11 is 0. The minimum Gasteiger partial charge on any atom is -0.305 e. The lowest BCUT2D eigenvalue weighted by Gasteiger charge is -2.18. The molecule has 0 aromatic heterocycles. The van der Waals surface area contributed by atoms with E-state index in [2.05, 4.69) is 5.32 Å². The molecule has 1 aliphatic heterocycles. The van der Waals surface area contributed by atoms with Crippen molar-refractivity contribution in [2.45, 2.75) is 18.6 Å². The van der Waals surface area contributed by atoms with Gasteiger partial charge in [0.15, 0.2) is 9.84 Å². The highest BCUT2D eigenvalue weighted by Gasteiger charge is 2.42. The van der Waals surface area contributed by atoms with Gasteiger partial charge in [0.05, 0.1) is 11.5 Å². The zero-order valence-electron chi connectivity index (χ0n) is 6.76. The molecule has 1 saturated heterocycles. The molecule has 7 heteroatoms. The van der Waals surface area contributed by atoms with Crippen LogP contribution in [0.2, 0.25) is 0 Å². The Morgan fingerprint density at radius 2 is 1.92 bits per heavy atom. The summed E-state index contributed by atoms with van der Waals surface area (Å²) in [5.74, 6) is -0.997. The van der Waals surface area contributed by atoms with E-state index in [1.807, 2.05) is 0 Å². The Morgan fingerprint density at radius 1 is 1.31 bits per heavy atom. The molecule has 1 heterocycles. The summed E-state index contributed by atoms with van der Waals surface area (Å²) in [5.41, 5.74) is 0. The number of sulfone groups is 1. The molecule has 0 aromatic carbocycles. The summed E-state index contributed by atoms with van der Waals surface area (Å²) in [6, 6.07) is -1.90.